The molecule has 0 saturated heterocycles. The number of sulfone groups is 1. The molecule has 112 valence electrons. The van der Waals surface area contributed by atoms with Crippen molar-refractivity contribution in [2.75, 3.05) is 6.26 Å². The molecule has 0 unspecified atom stereocenters. The number of sulfonamides is 1. The summed E-state index contributed by atoms with van der Waals surface area (Å²) >= 11 is 0. The van der Waals surface area contributed by atoms with Crippen molar-refractivity contribution >= 4 is 19.9 Å². The number of nitrogens with one attached hydrogen (secondary N) is 1. The summed E-state index contributed by atoms with van der Waals surface area (Å²) in [6.07, 6.45) is 1.88. The van der Waals surface area contributed by atoms with E-state index in [1.807, 2.05) is 0 Å². The standard InChI is InChI=1S/C11H15FN2O4S2/c1-19(15,16)9-2-3-10(12)11(6-9)20(17,18)14-8-4-7(13)5-8/h2-3,6-8,14H,4-5,13H2,1H3. The summed E-state index contributed by atoms with van der Waals surface area (Å²) in [5, 5.41) is 0. The van der Waals surface area contributed by atoms with Crippen LogP contribution in [-0.4, -0.2) is 35.2 Å². The van der Waals surface area contributed by atoms with Crippen LogP contribution in [0.5, 0.6) is 0 Å². The van der Waals surface area contributed by atoms with Crippen LogP contribution < -0.4 is 10.5 Å². The monoisotopic (exact) mass is 322 g/mol. The zero-order valence-electron chi connectivity index (χ0n) is 10.7. The molecule has 0 heterocycles. The summed E-state index contributed by atoms with van der Waals surface area (Å²) in [5.74, 6) is -0.992. The van der Waals surface area contributed by atoms with Gasteiger partial charge in [0, 0.05) is 18.3 Å². The smallest absolute Gasteiger partial charge is 0.243 e. The highest BCUT2D eigenvalue weighted by molar-refractivity contribution is 7.91. The van der Waals surface area contributed by atoms with Gasteiger partial charge in [0.05, 0.1) is 4.90 Å². The van der Waals surface area contributed by atoms with Gasteiger partial charge in [0.25, 0.3) is 0 Å². The lowest BCUT2D eigenvalue weighted by Gasteiger charge is -2.32. The lowest BCUT2D eigenvalue weighted by Crippen LogP contribution is -2.50. The molecule has 0 amide bonds. The van der Waals surface area contributed by atoms with Crippen molar-refractivity contribution in [2.24, 2.45) is 5.73 Å². The fourth-order valence-electron chi connectivity index (χ4n) is 1.96. The van der Waals surface area contributed by atoms with E-state index >= 15 is 0 Å². The van der Waals surface area contributed by atoms with Crippen molar-refractivity contribution in [3.63, 3.8) is 0 Å². The average Bonchev–Trinajstić information content (AvgIpc) is 2.25. The van der Waals surface area contributed by atoms with Gasteiger partial charge in [0.2, 0.25) is 10.0 Å². The van der Waals surface area contributed by atoms with Crippen LogP contribution in [0.4, 0.5) is 4.39 Å². The molecule has 1 aliphatic carbocycles. The second-order valence-corrected chi connectivity index (χ2v) is 8.61. The van der Waals surface area contributed by atoms with Gasteiger partial charge in [-0.05, 0) is 31.0 Å². The Hall–Kier alpha value is -1.03. The van der Waals surface area contributed by atoms with E-state index in [1.165, 1.54) is 0 Å². The van der Waals surface area contributed by atoms with E-state index in [0.717, 1.165) is 24.5 Å². The first-order chi connectivity index (χ1) is 9.09. The molecule has 1 fully saturated rings. The van der Waals surface area contributed by atoms with E-state index < -0.39 is 30.6 Å². The highest BCUT2D eigenvalue weighted by atomic mass is 32.2. The average molecular weight is 322 g/mol. The number of hydrogen-bond acceptors (Lipinski definition) is 5. The van der Waals surface area contributed by atoms with Crippen molar-refractivity contribution in [1.82, 2.24) is 4.72 Å². The van der Waals surface area contributed by atoms with Crippen LogP contribution in [0, 0.1) is 5.82 Å². The molecular weight excluding hydrogens is 307 g/mol. The molecular formula is C11H15FN2O4S2. The van der Waals surface area contributed by atoms with Gasteiger partial charge in [0.15, 0.2) is 9.84 Å². The number of hydrogen-bond donors (Lipinski definition) is 2. The Morgan fingerprint density at radius 1 is 1.25 bits per heavy atom. The molecule has 1 aromatic carbocycles. The topological polar surface area (TPSA) is 106 Å². The summed E-state index contributed by atoms with van der Waals surface area (Å²) in [6, 6.07) is 2.29. The lowest BCUT2D eigenvalue weighted by atomic mass is 9.89. The second kappa shape index (κ2) is 5.06. The number of halogens is 1. The predicted octanol–water partition coefficient (Wildman–Crippen LogP) is -0.00280. The van der Waals surface area contributed by atoms with Gasteiger partial charge in [-0.2, -0.15) is 0 Å². The zero-order valence-corrected chi connectivity index (χ0v) is 12.3. The van der Waals surface area contributed by atoms with Crippen LogP contribution in [0.1, 0.15) is 12.8 Å². The van der Waals surface area contributed by atoms with Crippen LogP contribution in [0.3, 0.4) is 0 Å². The van der Waals surface area contributed by atoms with E-state index in [2.05, 4.69) is 4.72 Å². The fourth-order valence-corrected chi connectivity index (χ4v) is 4.05. The zero-order chi connectivity index (χ0) is 15.1. The molecule has 20 heavy (non-hydrogen) atoms. The van der Waals surface area contributed by atoms with E-state index in [9.17, 15) is 21.2 Å². The Morgan fingerprint density at radius 3 is 2.35 bits per heavy atom. The minimum absolute atomic E-state index is 0.0603. The van der Waals surface area contributed by atoms with E-state index in [4.69, 9.17) is 5.73 Å². The fraction of sp³-hybridized carbons (Fsp3) is 0.455. The largest absolute Gasteiger partial charge is 0.328 e. The molecule has 0 atom stereocenters. The summed E-state index contributed by atoms with van der Waals surface area (Å²) in [6.45, 7) is 0. The first-order valence-corrected chi connectivity index (χ1v) is 9.24. The second-order valence-electron chi connectivity index (χ2n) is 4.91. The van der Waals surface area contributed by atoms with Crippen molar-refractivity contribution in [2.45, 2.75) is 34.7 Å². The third-order valence-electron chi connectivity index (χ3n) is 3.12. The number of nitrogens with two attached hydrogens (primary N) is 1. The van der Waals surface area contributed by atoms with Gasteiger partial charge in [-0.15, -0.1) is 0 Å². The number of benzene rings is 1. The predicted molar refractivity (Wildman–Crippen MR) is 70.8 cm³/mol. The summed E-state index contributed by atoms with van der Waals surface area (Å²) in [7, 11) is -7.71. The van der Waals surface area contributed by atoms with Crippen LogP contribution in [0.25, 0.3) is 0 Å². The van der Waals surface area contributed by atoms with E-state index in [0.29, 0.717) is 12.8 Å². The third kappa shape index (κ3) is 3.17. The molecule has 2 rings (SSSR count). The molecule has 0 spiro atoms. The minimum Gasteiger partial charge on any atom is -0.328 e. The molecule has 3 N–H and O–H groups in total. The summed E-state index contributed by atoms with van der Waals surface area (Å²) in [4.78, 5) is -0.912. The molecule has 6 nitrogen and oxygen atoms in total. The Kier molecular flexibility index (Phi) is 3.89. The van der Waals surface area contributed by atoms with Crippen molar-refractivity contribution < 1.29 is 21.2 Å². The SMILES string of the molecule is CS(=O)(=O)c1ccc(F)c(S(=O)(=O)NC2CC(N)C2)c1. The van der Waals surface area contributed by atoms with E-state index in [-0.39, 0.29) is 17.0 Å². The van der Waals surface area contributed by atoms with Gasteiger partial charge in [0.1, 0.15) is 10.7 Å². The van der Waals surface area contributed by atoms with Crippen molar-refractivity contribution in [3.05, 3.63) is 24.0 Å². The van der Waals surface area contributed by atoms with Gasteiger partial charge < -0.3 is 5.73 Å². The Labute approximate surface area is 117 Å². The molecule has 1 aliphatic rings. The van der Waals surface area contributed by atoms with Crippen LogP contribution in [0.2, 0.25) is 0 Å². The Balaban J connectivity index is 2.36. The lowest BCUT2D eigenvalue weighted by molar-refractivity contribution is 0.326. The molecule has 0 aliphatic heterocycles. The normalized spacial score (nSPS) is 23.4. The maximum Gasteiger partial charge on any atom is 0.243 e. The maximum atomic E-state index is 13.7. The van der Waals surface area contributed by atoms with Gasteiger partial charge in [-0.3, -0.25) is 0 Å². The van der Waals surface area contributed by atoms with E-state index in [1.54, 1.807) is 0 Å². The van der Waals surface area contributed by atoms with Crippen LogP contribution >= 0.6 is 0 Å². The summed E-state index contributed by atoms with van der Waals surface area (Å²) in [5.41, 5.74) is 5.55. The molecule has 9 heteroatoms. The van der Waals surface area contributed by atoms with Gasteiger partial charge in [-0.1, -0.05) is 0 Å². The molecule has 0 radical (unpaired) electrons. The molecule has 1 aromatic rings. The number of rotatable bonds is 4. The first kappa shape index (κ1) is 15.4. The van der Waals surface area contributed by atoms with Gasteiger partial charge in [-0.25, -0.2) is 25.9 Å². The minimum atomic E-state index is -4.10. The van der Waals surface area contributed by atoms with Crippen molar-refractivity contribution in [3.8, 4) is 0 Å². The quantitative estimate of drug-likeness (QED) is 0.759. The highest BCUT2D eigenvalue weighted by Gasteiger charge is 2.31. The Bertz CT molecular complexity index is 725. The first-order valence-electron chi connectivity index (χ1n) is 5.87. The summed E-state index contributed by atoms with van der Waals surface area (Å²) < 4.78 is 62.9. The van der Waals surface area contributed by atoms with Crippen LogP contribution in [-0.2, 0) is 19.9 Å². The maximum absolute atomic E-state index is 13.7. The molecule has 1 saturated carbocycles. The van der Waals surface area contributed by atoms with Crippen molar-refractivity contribution in [1.29, 1.82) is 0 Å². The van der Waals surface area contributed by atoms with Gasteiger partial charge >= 0.3 is 0 Å². The van der Waals surface area contributed by atoms with Crippen LogP contribution in [0.15, 0.2) is 28.0 Å². The third-order valence-corrected chi connectivity index (χ3v) is 5.76. The molecule has 0 bridgehead atoms. The molecule has 0 aromatic heterocycles. The highest BCUT2D eigenvalue weighted by Crippen LogP contribution is 2.23. The Morgan fingerprint density at radius 2 is 1.85 bits per heavy atom.